The van der Waals surface area contributed by atoms with Gasteiger partial charge in [0, 0.05) is 31.6 Å². The number of carbonyl (C=O) groups is 1. The Labute approximate surface area is 151 Å². The van der Waals surface area contributed by atoms with Crippen molar-refractivity contribution >= 4 is 15.8 Å². The number of nitrogens with zero attached hydrogens (tertiary/aromatic N) is 2. The molecule has 1 heterocycles. The molecule has 0 saturated carbocycles. The standard InChI is InChI=1S/C19H18N2O4S/c1-26(24,25)17-5-3-2-4-16(17)12-18-20-10-11-21(18)13-14-6-8-15(9-7-14)19(22)23/h2-11H,12-13H2,1H3,(H,22,23). The maximum Gasteiger partial charge on any atom is 0.335 e. The zero-order valence-electron chi connectivity index (χ0n) is 14.2. The van der Waals surface area contributed by atoms with Gasteiger partial charge >= 0.3 is 5.97 Å². The van der Waals surface area contributed by atoms with Crippen LogP contribution >= 0.6 is 0 Å². The van der Waals surface area contributed by atoms with Gasteiger partial charge < -0.3 is 9.67 Å². The van der Waals surface area contributed by atoms with Crippen molar-refractivity contribution in [2.75, 3.05) is 6.26 Å². The van der Waals surface area contributed by atoms with E-state index in [4.69, 9.17) is 5.11 Å². The van der Waals surface area contributed by atoms with Gasteiger partial charge in [-0.25, -0.2) is 18.2 Å². The molecule has 1 N–H and O–H groups in total. The Morgan fingerprint density at radius 1 is 1.12 bits per heavy atom. The van der Waals surface area contributed by atoms with E-state index < -0.39 is 15.8 Å². The molecule has 0 unspecified atom stereocenters. The van der Waals surface area contributed by atoms with Gasteiger partial charge in [-0.1, -0.05) is 30.3 Å². The van der Waals surface area contributed by atoms with E-state index in [0.717, 1.165) is 11.4 Å². The Kier molecular flexibility index (Phi) is 4.90. The SMILES string of the molecule is CS(=O)(=O)c1ccccc1Cc1nccn1Cc1ccc(C(=O)O)cc1. The highest BCUT2D eigenvalue weighted by molar-refractivity contribution is 7.90. The molecule has 0 atom stereocenters. The van der Waals surface area contributed by atoms with E-state index in [9.17, 15) is 13.2 Å². The summed E-state index contributed by atoms with van der Waals surface area (Å²) in [5.74, 6) is -0.222. The van der Waals surface area contributed by atoms with Crippen molar-refractivity contribution < 1.29 is 18.3 Å². The van der Waals surface area contributed by atoms with Crippen LogP contribution in [0.5, 0.6) is 0 Å². The molecule has 2 aromatic carbocycles. The number of carboxylic acid groups (broad SMARTS) is 1. The van der Waals surface area contributed by atoms with Crippen molar-refractivity contribution in [1.82, 2.24) is 9.55 Å². The minimum Gasteiger partial charge on any atom is -0.478 e. The van der Waals surface area contributed by atoms with Gasteiger partial charge in [0.05, 0.1) is 10.5 Å². The summed E-state index contributed by atoms with van der Waals surface area (Å²) in [6.45, 7) is 0.524. The number of sulfone groups is 1. The first-order valence-corrected chi connectivity index (χ1v) is 9.84. The molecule has 3 aromatic rings. The van der Waals surface area contributed by atoms with Gasteiger partial charge in [-0.3, -0.25) is 0 Å². The van der Waals surface area contributed by atoms with Crippen LogP contribution in [0.15, 0.2) is 65.8 Å². The third-order valence-electron chi connectivity index (χ3n) is 4.08. The number of imidazole rings is 1. The smallest absolute Gasteiger partial charge is 0.335 e. The average molecular weight is 370 g/mol. The molecule has 7 heteroatoms. The van der Waals surface area contributed by atoms with Gasteiger partial charge in [0.15, 0.2) is 9.84 Å². The lowest BCUT2D eigenvalue weighted by Gasteiger charge is -2.11. The van der Waals surface area contributed by atoms with Crippen molar-refractivity contribution in [1.29, 1.82) is 0 Å². The second-order valence-electron chi connectivity index (χ2n) is 6.03. The number of aromatic nitrogens is 2. The van der Waals surface area contributed by atoms with Crippen LogP contribution in [-0.4, -0.2) is 35.3 Å². The quantitative estimate of drug-likeness (QED) is 0.720. The number of rotatable bonds is 6. The molecular weight excluding hydrogens is 352 g/mol. The number of hydrogen-bond acceptors (Lipinski definition) is 4. The highest BCUT2D eigenvalue weighted by Crippen LogP contribution is 2.19. The molecule has 26 heavy (non-hydrogen) atoms. The Hall–Kier alpha value is -2.93. The number of carboxylic acids is 1. The summed E-state index contributed by atoms with van der Waals surface area (Å²) in [4.78, 5) is 15.6. The first-order chi connectivity index (χ1) is 12.3. The van der Waals surface area contributed by atoms with Crippen LogP contribution in [0, 0.1) is 0 Å². The zero-order chi connectivity index (χ0) is 18.7. The maximum atomic E-state index is 12.0. The molecule has 0 saturated heterocycles. The van der Waals surface area contributed by atoms with Gasteiger partial charge in [0.25, 0.3) is 0 Å². The Morgan fingerprint density at radius 2 is 1.81 bits per heavy atom. The van der Waals surface area contributed by atoms with Crippen molar-refractivity contribution in [3.63, 3.8) is 0 Å². The van der Waals surface area contributed by atoms with E-state index in [2.05, 4.69) is 4.98 Å². The molecule has 1 aromatic heterocycles. The summed E-state index contributed by atoms with van der Waals surface area (Å²) in [7, 11) is -3.31. The van der Waals surface area contributed by atoms with Crippen LogP contribution in [0.4, 0.5) is 0 Å². The van der Waals surface area contributed by atoms with Crippen LogP contribution in [0.25, 0.3) is 0 Å². The average Bonchev–Trinajstić information content (AvgIpc) is 3.02. The number of hydrogen-bond donors (Lipinski definition) is 1. The summed E-state index contributed by atoms with van der Waals surface area (Å²) < 4.78 is 25.9. The first kappa shape index (κ1) is 17.9. The fourth-order valence-electron chi connectivity index (χ4n) is 2.78. The van der Waals surface area contributed by atoms with E-state index >= 15 is 0 Å². The number of aromatic carboxylic acids is 1. The molecule has 0 aliphatic rings. The first-order valence-electron chi connectivity index (χ1n) is 7.95. The molecule has 6 nitrogen and oxygen atoms in total. The Balaban J connectivity index is 1.85. The van der Waals surface area contributed by atoms with Crippen LogP contribution in [0.1, 0.15) is 27.3 Å². The minimum absolute atomic E-state index is 0.238. The minimum atomic E-state index is -3.31. The Bertz CT molecular complexity index is 1040. The highest BCUT2D eigenvalue weighted by atomic mass is 32.2. The van der Waals surface area contributed by atoms with Crippen molar-refractivity contribution in [3.8, 4) is 0 Å². The predicted octanol–water partition coefficient (Wildman–Crippen LogP) is 2.62. The zero-order valence-corrected chi connectivity index (χ0v) is 15.0. The molecule has 0 aliphatic heterocycles. The monoisotopic (exact) mass is 370 g/mol. The lowest BCUT2D eigenvalue weighted by molar-refractivity contribution is 0.0697. The van der Waals surface area contributed by atoms with Crippen LogP contribution in [-0.2, 0) is 22.8 Å². The summed E-state index contributed by atoms with van der Waals surface area (Å²) in [6.07, 6.45) is 5.08. The largest absolute Gasteiger partial charge is 0.478 e. The van der Waals surface area contributed by atoms with E-state index in [1.807, 2.05) is 16.8 Å². The lowest BCUT2D eigenvalue weighted by atomic mass is 10.1. The lowest BCUT2D eigenvalue weighted by Crippen LogP contribution is -2.08. The van der Waals surface area contributed by atoms with Gasteiger partial charge in [-0.05, 0) is 29.3 Å². The van der Waals surface area contributed by atoms with E-state index in [1.165, 1.54) is 6.26 Å². The van der Waals surface area contributed by atoms with E-state index in [0.29, 0.717) is 23.4 Å². The molecule has 0 fully saturated rings. The fraction of sp³-hybridized carbons (Fsp3) is 0.158. The summed E-state index contributed by atoms with van der Waals surface area (Å²) in [5, 5.41) is 8.97. The van der Waals surface area contributed by atoms with E-state index in [1.54, 1.807) is 48.7 Å². The van der Waals surface area contributed by atoms with Gasteiger partial charge in [-0.15, -0.1) is 0 Å². The van der Waals surface area contributed by atoms with Crippen LogP contribution < -0.4 is 0 Å². The van der Waals surface area contributed by atoms with Gasteiger partial charge in [-0.2, -0.15) is 0 Å². The summed E-state index contributed by atoms with van der Waals surface area (Å²) in [5.41, 5.74) is 1.87. The van der Waals surface area contributed by atoms with Crippen molar-refractivity contribution in [2.45, 2.75) is 17.9 Å². The fourth-order valence-corrected chi connectivity index (χ4v) is 3.72. The molecule has 3 rings (SSSR count). The van der Waals surface area contributed by atoms with Crippen molar-refractivity contribution in [3.05, 3.63) is 83.4 Å². The molecule has 0 bridgehead atoms. The van der Waals surface area contributed by atoms with E-state index in [-0.39, 0.29) is 5.56 Å². The third-order valence-corrected chi connectivity index (χ3v) is 5.27. The topological polar surface area (TPSA) is 89.3 Å². The molecule has 0 aliphatic carbocycles. The summed E-state index contributed by atoms with van der Waals surface area (Å²) in [6, 6.07) is 13.5. The maximum absolute atomic E-state index is 12.0. The molecule has 0 amide bonds. The highest BCUT2D eigenvalue weighted by Gasteiger charge is 2.15. The Morgan fingerprint density at radius 3 is 2.46 bits per heavy atom. The predicted molar refractivity (Wildman–Crippen MR) is 97.1 cm³/mol. The second kappa shape index (κ2) is 7.13. The number of benzene rings is 2. The second-order valence-corrected chi connectivity index (χ2v) is 8.01. The molecule has 0 spiro atoms. The molecule has 0 radical (unpaired) electrons. The third kappa shape index (κ3) is 4.00. The van der Waals surface area contributed by atoms with Crippen LogP contribution in [0.2, 0.25) is 0 Å². The molecule has 134 valence electrons. The van der Waals surface area contributed by atoms with Crippen LogP contribution in [0.3, 0.4) is 0 Å². The van der Waals surface area contributed by atoms with Crippen molar-refractivity contribution in [2.24, 2.45) is 0 Å². The molecular formula is C19H18N2O4S. The van der Waals surface area contributed by atoms with Gasteiger partial charge in [0.1, 0.15) is 5.82 Å². The normalized spacial score (nSPS) is 11.4. The van der Waals surface area contributed by atoms with Gasteiger partial charge in [0.2, 0.25) is 0 Å². The summed E-state index contributed by atoms with van der Waals surface area (Å²) >= 11 is 0.